The summed E-state index contributed by atoms with van der Waals surface area (Å²) in [7, 11) is 3.90. The fourth-order valence-electron chi connectivity index (χ4n) is 3.37. The highest BCUT2D eigenvalue weighted by atomic mass is 35.5. The van der Waals surface area contributed by atoms with Crippen LogP contribution in [0.5, 0.6) is 0 Å². The number of hydrogen-bond acceptors (Lipinski definition) is 5. The van der Waals surface area contributed by atoms with Gasteiger partial charge in [-0.3, -0.25) is 4.79 Å². The molecule has 2 N–H and O–H groups in total. The zero-order valence-electron chi connectivity index (χ0n) is 16.1. The summed E-state index contributed by atoms with van der Waals surface area (Å²) in [4.78, 5) is 23.0. The molecule has 8 heteroatoms. The number of benzene rings is 1. The molecule has 0 spiro atoms. The van der Waals surface area contributed by atoms with Crippen molar-refractivity contribution in [2.75, 3.05) is 30.9 Å². The molecule has 0 bridgehead atoms. The summed E-state index contributed by atoms with van der Waals surface area (Å²) < 4.78 is 13.1. The molecule has 1 aliphatic rings. The summed E-state index contributed by atoms with van der Waals surface area (Å²) in [5.41, 5.74) is 0.302. The van der Waals surface area contributed by atoms with Crippen LogP contribution in [0, 0.1) is 11.7 Å². The summed E-state index contributed by atoms with van der Waals surface area (Å²) in [6.45, 7) is 0.589. The largest absolute Gasteiger partial charge is 0.363 e. The van der Waals surface area contributed by atoms with Gasteiger partial charge in [0, 0.05) is 32.9 Å². The van der Waals surface area contributed by atoms with E-state index in [1.54, 1.807) is 6.20 Å². The molecule has 0 unspecified atom stereocenters. The van der Waals surface area contributed by atoms with Crippen LogP contribution in [0.1, 0.15) is 36.0 Å². The van der Waals surface area contributed by atoms with Gasteiger partial charge in [0.15, 0.2) is 0 Å². The van der Waals surface area contributed by atoms with Crippen molar-refractivity contribution in [1.82, 2.24) is 15.3 Å². The second kappa shape index (κ2) is 9.19. The number of anilines is 2. The molecule has 3 rings (SSSR count). The minimum atomic E-state index is -0.451. The number of carbonyl (C=O) groups is 1. The predicted molar refractivity (Wildman–Crippen MR) is 109 cm³/mol. The Hall–Kier alpha value is -2.41. The summed E-state index contributed by atoms with van der Waals surface area (Å²) in [6.07, 6.45) is 5.75. The van der Waals surface area contributed by atoms with E-state index >= 15 is 0 Å². The van der Waals surface area contributed by atoms with Gasteiger partial charge in [-0.2, -0.15) is 4.98 Å². The SMILES string of the molecule is CN(C)c1ccnc(NC2CCC(CNC(=O)c3ccc(F)cc3Cl)CC2)n1. The molecule has 0 radical (unpaired) electrons. The van der Waals surface area contributed by atoms with Crippen LogP contribution < -0.4 is 15.5 Å². The molecule has 1 aromatic carbocycles. The highest BCUT2D eigenvalue weighted by Gasteiger charge is 2.22. The van der Waals surface area contributed by atoms with Crippen molar-refractivity contribution >= 4 is 29.3 Å². The zero-order valence-corrected chi connectivity index (χ0v) is 16.8. The van der Waals surface area contributed by atoms with Crippen molar-refractivity contribution < 1.29 is 9.18 Å². The summed E-state index contributed by atoms with van der Waals surface area (Å²) in [5, 5.41) is 6.46. The number of carbonyl (C=O) groups excluding carboxylic acids is 1. The van der Waals surface area contributed by atoms with Gasteiger partial charge in [0.25, 0.3) is 5.91 Å². The normalized spacial score (nSPS) is 19.1. The van der Waals surface area contributed by atoms with E-state index in [0.717, 1.165) is 37.6 Å². The Labute approximate surface area is 169 Å². The number of hydrogen-bond donors (Lipinski definition) is 2. The fraction of sp³-hybridized carbons (Fsp3) is 0.450. The van der Waals surface area contributed by atoms with Crippen LogP contribution in [0.4, 0.5) is 16.2 Å². The van der Waals surface area contributed by atoms with Crippen LogP contribution in [0.3, 0.4) is 0 Å². The van der Waals surface area contributed by atoms with Crippen molar-refractivity contribution in [2.24, 2.45) is 5.92 Å². The molecule has 1 aliphatic carbocycles. The third-order valence-electron chi connectivity index (χ3n) is 5.01. The van der Waals surface area contributed by atoms with Crippen molar-refractivity contribution in [3.8, 4) is 0 Å². The molecule has 0 atom stereocenters. The maximum atomic E-state index is 13.1. The first-order valence-corrected chi connectivity index (χ1v) is 9.80. The lowest BCUT2D eigenvalue weighted by Gasteiger charge is -2.29. The van der Waals surface area contributed by atoms with Gasteiger partial charge in [-0.25, -0.2) is 9.37 Å². The quantitative estimate of drug-likeness (QED) is 0.766. The summed E-state index contributed by atoms with van der Waals surface area (Å²) in [6, 6.07) is 6.01. The van der Waals surface area contributed by atoms with Crippen LogP contribution >= 0.6 is 11.6 Å². The standard InChI is InChI=1S/C20H25ClFN5O/c1-27(2)18-9-10-23-20(26-18)25-15-6-3-13(4-7-15)12-24-19(28)16-8-5-14(22)11-17(16)21/h5,8-11,13,15H,3-4,6-7,12H2,1-2H3,(H,24,28)(H,23,25,26). The molecular formula is C20H25ClFN5O. The maximum Gasteiger partial charge on any atom is 0.252 e. The Kier molecular flexibility index (Phi) is 6.67. The Morgan fingerprint density at radius 3 is 2.68 bits per heavy atom. The van der Waals surface area contributed by atoms with E-state index in [0.29, 0.717) is 30.0 Å². The first-order chi connectivity index (χ1) is 13.4. The second-order valence-electron chi connectivity index (χ2n) is 7.33. The highest BCUT2D eigenvalue weighted by molar-refractivity contribution is 6.33. The average molecular weight is 406 g/mol. The van der Waals surface area contributed by atoms with Gasteiger partial charge in [0.1, 0.15) is 11.6 Å². The van der Waals surface area contributed by atoms with E-state index in [-0.39, 0.29) is 10.9 Å². The van der Waals surface area contributed by atoms with Crippen molar-refractivity contribution in [1.29, 1.82) is 0 Å². The van der Waals surface area contributed by atoms with Crippen LogP contribution in [-0.4, -0.2) is 42.6 Å². The molecule has 150 valence electrons. The van der Waals surface area contributed by atoms with Crippen molar-refractivity contribution in [2.45, 2.75) is 31.7 Å². The third-order valence-corrected chi connectivity index (χ3v) is 5.32. The number of rotatable bonds is 6. The molecule has 1 saturated carbocycles. The maximum absolute atomic E-state index is 13.1. The Bertz CT molecular complexity index is 824. The summed E-state index contributed by atoms with van der Waals surface area (Å²) >= 11 is 5.95. The number of amides is 1. The number of aromatic nitrogens is 2. The van der Waals surface area contributed by atoms with Gasteiger partial charge in [0.05, 0.1) is 10.6 Å². The van der Waals surface area contributed by atoms with E-state index in [4.69, 9.17) is 11.6 Å². The molecule has 1 amide bonds. The van der Waals surface area contributed by atoms with E-state index < -0.39 is 5.82 Å². The van der Waals surface area contributed by atoms with Gasteiger partial charge in [-0.05, 0) is 55.9 Å². The van der Waals surface area contributed by atoms with Gasteiger partial charge in [-0.15, -0.1) is 0 Å². The van der Waals surface area contributed by atoms with Crippen LogP contribution in [0.2, 0.25) is 5.02 Å². The van der Waals surface area contributed by atoms with E-state index in [1.807, 2.05) is 25.1 Å². The molecule has 1 aromatic heterocycles. The lowest BCUT2D eigenvalue weighted by molar-refractivity contribution is 0.0943. The number of nitrogens with zero attached hydrogens (tertiary/aromatic N) is 3. The molecule has 0 aliphatic heterocycles. The zero-order chi connectivity index (χ0) is 20.1. The summed E-state index contributed by atoms with van der Waals surface area (Å²) in [5.74, 6) is 1.21. The molecule has 6 nitrogen and oxygen atoms in total. The number of nitrogens with one attached hydrogen (secondary N) is 2. The Morgan fingerprint density at radius 1 is 1.25 bits per heavy atom. The van der Waals surface area contributed by atoms with Crippen LogP contribution in [-0.2, 0) is 0 Å². The Balaban J connectivity index is 1.45. The topological polar surface area (TPSA) is 70.2 Å². The lowest BCUT2D eigenvalue weighted by atomic mass is 9.86. The second-order valence-corrected chi connectivity index (χ2v) is 7.74. The molecular weight excluding hydrogens is 381 g/mol. The molecule has 2 aromatic rings. The smallest absolute Gasteiger partial charge is 0.252 e. The van der Waals surface area contributed by atoms with Gasteiger partial charge in [-0.1, -0.05) is 11.6 Å². The number of halogens is 2. The fourth-order valence-corrected chi connectivity index (χ4v) is 3.62. The Morgan fingerprint density at radius 2 is 2.00 bits per heavy atom. The lowest BCUT2D eigenvalue weighted by Crippen LogP contribution is -2.34. The van der Waals surface area contributed by atoms with Gasteiger partial charge in [0.2, 0.25) is 5.95 Å². The van der Waals surface area contributed by atoms with E-state index in [2.05, 4.69) is 20.6 Å². The molecule has 0 saturated heterocycles. The van der Waals surface area contributed by atoms with Gasteiger partial charge >= 0.3 is 0 Å². The van der Waals surface area contributed by atoms with Gasteiger partial charge < -0.3 is 15.5 Å². The molecule has 28 heavy (non-hydrogen) atoms. The third kappa shape index (κ3) is 5.32. The van der Waals surface area contributed by atoms with E-state index in [9.17, 15) is 9.18 Å². The van der Waals surface area contributed by atoms with Crippen molar-refractivity contribution in [3.05, 3.63) is 46.9 Å². The first kappa shape index (κ1) is 20.3. The minimum absolute atomic E-state index is 0.130. The molecule has 1 heterocycles. The average Bonchev–Trinajstić information content (AvgIpc) is 2.67. The predicted octanol–water partition coefficient (Wildman–Crippen LogP) is 3.74. The first-order valence-electron chi connectivity index (χ1n) is 9.42. The van der Waals surface area contributed by atoms with Crippen LogP contribution in [0.25, 0.3) is 0 Å². The van der Waals surface area contributed by atoms with Crippen molar-refractivity contribution in [3.63, 3.8) is 0 Å². The highest BCUT2D eigenvalue weighted by Crippen LogP contribution is 2.26. The van der Waals surface area contributed by atoms with Crippen LogP contribution in [0.15, 0.2) is 30.5 Å². The van der Waals surface area contributed by atoms with E-state index in [1.165, 1.54) is 12.1 Å². The monoisotopic (exact) mass is 405 g/mol. The molecule has 1 fully saturated rings. The minimum Gasteiger partial charge on any atom is -0.363 e.